The summed E-state index contributed by atoms with van der Waals surface area (Å²) in [4.78, 5) is 11.4. The van der Waals surface area contributed by atoms with Gasteiger partial charge in [-0.1, -0.05) is 6.07 Å². The average Bonchev–Trinajstić information content (AvgIpc) is 2.31. The third-order valence-electron chi connectivity index (χ3n) is 2.60. The number of esters is 1. The molecule has 1 rings (SSSR count). The van der Waals surface area contributed by atoms with E-state index in [0.717, 1.165) is 11.1 Å². The predicted molar refractivity (Wildman–Crippen MR) is 68.5 cm³/mol. The lowest BCUT2D eigenvalue weighted by Crippen LogP contribution is -2.26. The maximum atomic E-state index is 11.4. The van der Waals surface area contributed by atoms with Gasteiger partial charge in [0.25, 0.3) is 0 Å². The monoisotopic (exact) mass is 252 g/mol. The van der Waals surface area contributed by atoms with E-state index in [2.05, 4.69) is 0 Å². The van der Waals surface area contributed by atoms with Gasteiger partial charge in [-0.3, -0.25) is 0 Å². The van der Waals surface area contributed by atoms with E-state index in [1.165, 1.54) is 0 Å². The molecule has 1 unspecified atom stereocenters. The van der Waals surface area contributed by atoms with Crippen LogP contribution in [0.1, 0.15) is 38.0 Å². The maximum Gasteiger partial charge on any atom is 0.347 e. The zero-order chi connectivity index (χ0) is 13.7. The number of rotatable bonds is 5. The van der Waals surface area contributed by atoms with Crippen LogP contribution in [-0.2, 0) is 9.53 Å². The average molecular weight is 252 g/mol. The molecule has 0 amide bonds. The Bertz CT molecular complexity index is 412. The smallest absolute Gasteiger partial charge is 0.347 e. The summed E-state index contributed by atoms with van der Waals surface area (Å²) in [7, 11) is 0. The summed E-state index contributed by atoms with van der Waals surface area (Å²) in [5, 5.41) is 9.46. The van der Waals surface area contributed by atoms with Crippen molar-refractivity contribution in [1.29, 1.82) is 0 Å². The molecule has 0 saturated carbocycles. The van der Waals surface area contributed by atoms with Crippen molar-refractivity contribution in [2.75, 3.05) is 6.61 Å². The molecule has 0 aromatic heterocycles. The third-order valence-corrected chi connectivity index (χ3v) is 2.60. The van der Waals surface area contributed by atoms with Gasteiger partial charge in [-0.05, 0) is 51.0 Å². The highest BCUT2D eigenvalue weighted by atomic mass is 16.6. The molecule has 4 nitrogen and oxygen atoms in total. The van der Waals surface area contributed by atoms with E-state index in [-0.39, 0.29) is 5.97 Å². The van der Waals surface area contributed by atoms with Crippen molar-refractivity contribution in [2.24, 2.45) is 0 Å². The Morgan fingerprint density at radius 1 is 1.39 bits per heavy atom. The number of carbonyl (C=O) groups excluding carboxylic acids is 1. The largest absolute Gasteiger partial charge is 0.479 e. The molecule has 0 radical (unpaired) electrons. The summed E-state index contributed by atoms with van der Waals surface area (Å²) in [6.45, 7) is 7.33. The molecule has 0 heterocycles. The van der Waals surface area contributed by atoms with E-state index in [0.29, 0.717) is 12.4 Å². The molecule has 4 heteroatoms. The molecule has 1 aromatic rings. The molecule has 0 aliphatic heterocycles. The van der Waals surface area contributed by atoms with Crippen molar-refractivity contribution in [3.8, 4) is 5.75 Å². The molecule has 0 aliphatic rings. The minimum Gasteiger partial charge on any atom is -0.479 e. The van der Waals surface area contributed by atoms with Crippen molar-refractivity contribution in [2.45, 2.75) is 39.9 Å². The minimum absolute atomic E-state index is 0.340. The lowest BCUT2D eigenvalue weighted by molar-refractivity contribution is -0.150. The zero-order valence-corrected chi connectivity index (χ0v) is 11.3. The first-order valence-corrected chi connectivity index (χ1v) is 6.07. The van der Waals surface area contributed by atoms with Gasteiger partial charge in [-0.25, -0.2) is 4.79 Å². The second kappa shape index (κ2) is 6.40. The van der Waals surface area contributed by atoms with E-state index < -0.39 is 12.2 Å². The van der Waals surface area contributed by atoms with E-state index in [1.54, 1.807) is 32.9 Å². The van der Waals surface area contributed by atoms with Gasteiger partial charge in [-0.15, -0.1) is 0 Å². The minimum atomic E-state index is -0.638. The van der Waals surface area contributed by atoms with Gasteiger partial charge in [0.15, 0.2) is 6.10 Å². The zero-order valence-electron chi connectivity index (χ0n) is 11.3. The normalized spacial score (nSPS) is 13.8. The first kappa shape index (κ1) is 14.5. The Hall–Kier alpha value is -1.55. The van der Waals surface area contributed by atoms with Crippen molar-refractivity contribution in [3.05, 3.63) is 29.3 Å². The standard InChI is InChI=1S/C14H20O4/c1-5-17-14(16)11(4)18-13-7-6-12(10(3)15)8-9(13)2/h6-8,10-11,15H,5H2,1-4H3/t10-,11?/m0/s1. The topological polar surface area (TPSA) is 55.8 Å². The van der Waals surface area contributed by atoms with Gasteiger partial charge in [0.1, 0.15) is 5.75 Å². The van der Waals surface area contributed by atoms with Gasteiger partial charge in [0.2, 0.25) is 0 Å². The summed E-state index contributed by atoms with van der Waals surface area (Å²) in [5.74, 6) is 0.247. The summed E-state index contributed by atoms with van der Waals surface area (Å²) in [6.07, 6.45) is -1.15. The van der Waals surface area contributed by atoms with Crippen molar-refractivity contribution < 1.29 is 19.4 Å². The van der Waals surface area contributed by atoms with Crippen LogP contribution in [-0.4, -0.2) is 23.8 Å². The number of hydrogen-bond donors (Lipinski definition) is 1. The fourth-order valence-corrected chi connectivity index (χ4v) is 1.56. The van der Waals surface area contributed by atoms with Crippen molar-refractivity contribution >= 4 is 5.97 Å². The Balaban J connectivity index is 2.76. The highest BCUT2D eigenvalue weighted by molar-refractivity contribution is 5.74. The summed E-state index contributed by atoms with van der Waals surface area (Å²) in [6, 6.07) is 5.38. The quantitative estimate of drug-likeness (QED) is 0.817. The molecule has 1 N–H and O–H groups in total. The Kier molecular flexibility index (Phi) is 5.16. The first-order chi connectivity index (χ1) is 8.45. The van der Waals surface area contributed by atoms with Crippen LogP contribution in [0.3, 0.4) is 0 Å². The van der Waals surface area contributed by atoms with Gasteiger partial charge in [0, 0.05) is 0 Å². The van der Waals surface area contributed by atoms with E-state index in [4.69, 9.17) is 9.47 Å². The molecule has 0 spiro atoms. The molecule has 0 saturated heterocycles. The van der Waals surface area contributed by atoms with Crippen LogP contribution in [0.4, 0.5) is 0 Å². The number of aliphatic hydroxyl groups is 1. The summed E-state index contributed by atoms with van der Waals surface area (Å²) in [5.41, 5.74) is 1.70. The Labute approximate surface area is 108 Å². The van der Waals surface area contributed by atoms with Crippen LogP contribution < -0.4 is 4.74 Å². The van der Waals surface area contributed by atoms with Crippen LogP contribution >= 0.6 is 0 Å². The molecule has 18 heavy (non-hydrogen) atoms. The number of carbonyl (C=O) groups is 1. The molecular formula is C14H20O4. The third kappa shape index (κ3) is 3.74. The molecule has 0 fully saturated rings. The van der Waals surface area contributed by atoms with E-state index >= 15 is 0 Å². The molecule has 1 aromatic carbocycles. The van der Waals surface area contributed by atoms with Gasteiger partial charge < -0.3 is 14.6 Å². The van der Waals surface area contributed by atoms with Gasteiger partial charge in [0.05, 0.1) is 12.7 Å². The Morgan fingerprint density at radius 2 is 2.06 bits per heavy atom. The van der Waals surface area contributed by atoms with Gasteiger partial charge in [-0.2, -0.15) is 0 Å². The van der Waals surface area contributed by atoms with Crippen molar-refractivity contribution in [1.82, 2.24) is 0 Å². The lowest BCUT2D eigenvalue weighted by atomic mass is 10.1. The highest BCUT2D eigenvalue weighted by Gasteiger charge is 2.16. The molecule has 0 aliphatic carbocycles. The van der Waals surface area contributed by atoms with Crippen LogP contribution in [0.15, 0.2) is 18.2 Å². The van der Waals surface area contributed by atoms with E-state index in [9.17, 15) is 9.90 Å². The van der Waals surface area contributed by atoms with Crippen LogP contribution in [0.2, 0.25) is 0 Å². The molecule has 2 atom stereocenters. The van der Waals surface area contributed by atoms with Crippen molar-refractivity contribution in [3.63, 3.8) is 0 Å². The number of benzene rings is 1. The fraction of sp³-hybridized carbons (Fsp3) is 0.500. The number of ether oxygens (including phenoxy) is 2. The molecule has 100 valence electrons. The lowest BCUT2D eigenvalue weighted by Gasteiger charge is -2.16. The Morgan fingerprint density at radius 3 is 2.56 bits per heavy atom. The van der Waals surface area contributed by atoms with Crippen LogP contribution in [0.25, 0.3) is 0 Å². The van der Waals surface area contributed by atoms with Gasteiger partial charge >= 0.3 is 5.97 Å². The SMILES string of the molecule is CCOC(=O)C(C)Oc1ccc([C@H](C)O)cc1C. The molecule has 0 bridgehead atoms. The first-order valence-electron chi connectivity index (χ1n) is 6.07. The fourth-order valence-electron chi connectivity index (χ4n) is 1.56. The number of hydrogen-bond acceptors (Lipinski definition) is 4. The highest BCUT2D eigenvalue weighted by Crippen LogP contribution is 2.23. The predicted octanol–water partition coefficient (Wildman–Crippen LogP) is 2.38. The second-order valence-electron chi connectivity index (χ2n) is 4.21. The second-order valence-corrected chi connectivity index (χ2v) is 4.21. The summed E-state index contributed by atoms with van der Waals surface area (Å²) >= 11 is 0. The summed E-state index contributed by atoms with van der Waals surface area (Å²) < 4.78 is 10.4. The van der Waals surface area contributed by atoms with E-state index in [1.807, 2.05) is 13.0 Å². The van der Waals surface area contributed by atoms with Crippen LogP contribution in [0.5, 0.6) is 5.75 Å². The number of aliphatic hydroxyl groups excluding tert-OH is 1. The molecular weight excluding hydrogens is 232 g/mol. The van der Waals surface area contributed by atoms with Crippen LogP contribution in [0, 0.1) is 6.92 Å². The maximum absolute atomic E-state index is 11.4. The number of aryl methyl sites for hydroxylation is 1.